The van der Waals surface area contributed by atoms with Gasteiger partial charge >= 0.3 is 0 Å². The van der Waals surface area contributed by atoms with Crippen molar-refractivity contribution in [1.82, 2.24) is 4.98 Å². The Morgan fingerprint density at radius 3 is 2.77 bits per heavy atom. The molecule has 3 rings (SSSR count). The van der Waals surface area contributed by atoms with E-state index in [1.165, 1.54) is 0 Å². The number of hydrogen-bond donors (Lipinski definition) is 1. The van der Waals surface area contributed by atoms with Crippen LogP contribution >= 0.6 is 0 Å². The van der Waals surface area contributed by atoms with Gasteiger partial charge in [-0.3, -0.25) is 0 Å². The number of nitrogens with zero attached hydrogens (tertiary/aromatic N) is 1. The molecule has 26 heavy (non-hydrogen) atoms. The molecule has 3 aromatic rings. The van der Waals surface area contributed by atoms with E-state index >= 15 is 0 Å². The number of aromatic hydroxyl groups is 1. The summed E-state index contributed by atoms with van der Waals surface area (Å²) in [6.45, 7) is 2.64. The highest BCUT2D eigenvalue weighted by Crippen LogP contribution is 2.29. The fraction of sp³-hybridized carbons (Fsp3) is 0.136. The van der Waals surface area contributed by atoms with Crippen LogP contribution in [0.5, 0.6) is 17.2 Å². The molecule has 1 N–H and O–H groups in total. The monoisotopic (exact) mass is 345 g/mol. The zero-order valence-corrected chi connectivity index (χ0v) is 14.5. The first-order valence-corrected chi connectivity index (χ1v) is 8.31. The van der Waals surface area contributed by atoms with Crippen molar-refractivity contribution >= 4 is 23.1 Å². The number of phenols is 1. The molecule has 1 heterocycles. The van der Waals surface area contributed by atoms with Crippen molar-refractivity contribution in [2.24, 2.45) is 0 Å². The van der Waals surface area contributed by atoms with Crippen LogP contribution in [-0.4, -0.2) is 23.3 Å². The van der Waals surface area contributed by atoms with Crippen LogP contribution in [-0.2, 0) is 0 Å². The van der Waals surface area contributed by atoms with E-state index in [2.05, 4.69) is 10.9 Å². The number of ether oxygens (including phenoxy) is 2. The largest absolute Gasteiger partial charge is 0.506 e. The molecule has 0 unspecified atom stereocenters. The van der Waals surface area contributed by atoms with Crippen LogP contribution in [0.15, 0.2) is 48.5 Å². The molecular formula is C22H19NO3. The molecular weight excluding hydrogens is 326 g/mol. The standard InChI is InChI=1S/C22H19NO3/c1-3-14-26-20-13-9-16(15-21(20)25-4-2)8-11-18-12-10-17-6-5-7-19(24)22(17)23-18/h1,5-13,15,24H,4,14H2,2H3/b11-8+. The molecule has 0 amide bonds. The third-order valence-electron chi connectivity index (χ3n) is 3.75. The molecule has 4 heteroatoms. The van der Waals surface area contributed by atoms with Crippen LogP contribution in [0.2, 0.25) is 0 Å². The van der Waals surface area contributed by atoms with E-state index in [0.29, 0.717) is 23.6 Å². The Kier molecular flexibility index (Phi) is 5.40. The van der Waals surface area contributed by atoms with Gasteiger partial charge < -0.3 is 14.6 Å². The molecule has 0 saturated heterocycles. The SMILES string of the molecule is C#CCOc1ccc(/C=C/c2ccc3cccc(O)c3n2)cc1OCC. The molecule has 0 radical (unpaired) electrons. The van der Waals surface area contributed by atoms with E-state index in [1.807, 2.05) is 55.5 Å². The van der Waals surface area contributed by atoms with E-state index in [-0.39, 0.29) is 12.4 Å². The fourth-order valence-electron chi connectivity index (χ4n) is 2.56. The second kappa shape index (κ2) is 8.09. The van der Waals surface area contributed by atoms with Crippen molar-refractivity contribution < 1.29 is 14.6 Å². The highest BCUT2D eigenvalue weighted by Gasteiger charge is 2.05. The average Bonchev–Trinajstić information content (AvgIpc) is 2.66. The molecule has 0 spiro atoms. The van der Waals surface area contributed by atoms with E-state index in [1.54, 1.807) is 12.1 Å². The quantitative estimate of drug-likeness (QED) is 0.667. The molecule has 0 fully saturated rings. The van der Waals surface area contributed by atoms with Gasteiger partial charge in [-0.2, -0.15) is 0 Å². The Hall–Kier alpha value is -3.45. The van der Waals surface area contributed by atoms with Gasteiger partial charge in [0.25, 0.3) is 0 Å². The van der Waals surface area contributed by atoms with Gasteiger partial charge in [0.15, 0.2) is 11.5 Å². The van der Waals surface area contributed by atoms with Crippen LogP contribution < -0.4 is 9.47 Å². The zero-order valence-electron chi connectivity index (χ0n) is 14.5. The number of pyridine rings is 1. The van der Waals surface area contributed by atoms with Crippen molar-refractivity contribution in [2.75, 3.05) is 13.2 Å². The maximum atomic E-state index is 9.95. The van der Waals surface area contributed by atoms with Crippen LogP contribution in [0.1, 0.15) is 18.2 Å². The number of benzene rings is 2. The van der Waals surface area contributed by atoms with E-state index in [4.69, 9.17) is 15.9 Å². The normalized spacial score (nSPS) is 10.8. The van der Waals surface area contributed by atoms with Gasteiger partial charge in [-0.05, 0) is 42.8 Å². The van der Waals surface area contributed by atoms with Crippen molar-refractivity contribution in [1.29, 1.82) is 0 Å². The van der Waals surface area contributed by atoms with Gasteiger partial charge in [-0.1, -0.05) is 36.3 Å². The van der Waals surface area contributed by atoms with Gasteiger partial charge in [0.2, 0.25) is 0 Å². The Balaban J connectivity index is 1.87. The maximum Gasteiger partial charge on any atom is 0.162 e. The summed E-state index contributed by atoms with van der Waals surface area (Å²) in [5, 5.41) is 10.8. The lowest BCUT2D eigenvalue weighted by Gasteiger charge is -2.11. The lowest BCUT2D eigenvalue weighted by molar-refractivity contribution is 0.299. The van der Waals surface area contributed by atoms with E-state index in [9.17, 15) is 5.11 Å². The van der Waals surface area contributed by atoms with Gasteiger partial charge in [-0.15, -0.1) is 6.42 Å². The number of para-hydroxylation sites is 1. The second-order valence-electron chi connectivity index (χ2n) is 5.55. The molecule has 0 saturated carbocycles. The van der Waals surface area contributed by atoms with Crippen molar-refractivity contribution in [3.05, 3.63) is 59.8 Å². The lowest BCUT2D eigenvalue weighted by Crippen LogP contribution is -1.99. The number of fused-ring (bicyclic) bond motifs is 1. The smallest absolute Gasteiger partial charge is 0.162 e. The Labute approximate surface area is 152 Å². The highest BCUT2D eigenvalue weighted by molar-refractivity contribution is 5.85. The number of phenolic OH excluding ortho intramolecular Hbond substituents is 1. The van der Waals surface area contributed by atoms with Gasteiger partial charge in [-0.25, -0.2) is 4.98 Å². The number of rotatable bonds is 6. The molecule has 1 aromatic heterocycles. The van der Waals surface area contributed by atoms with E-state index in [0.717, 1.165) is 16.6 Å². The van der Waals surface area contributed by atoms with Crippen molar-refractivity contribution in [2.45, 2.75) is 6.92 Å². The fourth-order valence-corrected chi connectivity index (χ4v) is 2.56. The minimum atomic E-state index is 0.173. The molecule has 0 atom stereocenters. The first-order valence-electron chi connectivity index (χ1n) is 8.31. The van der Waals surface area contributed by atoms with Crippen LogP contribution in [0.4, 0.5) is 0 Å². The Bertz CT molecular complexity index is 986. The number of hydrogen-bond acceptors (Lipinski definition) is 4. The molecule has 2 aromatic carbocycles. The molecule has 0 aliphatic rings. The Morgan fingerprint density at radius 2 is 1.96 bits per heavy atom. The number of terminal acetylenes is 1. The predicted octanol–water partition coefficient (Wildman–Crippen LogP) is 4.52. The van der Waals surface area contributed by atoms with Crippen LogP contribution in [0.3, 0.4) is 0 Å². The van der Waals surface area contributed by atoms with E-state index < -0.39 is 0 Å². The summed E-state index contributed by atoms with van der Waals surface area (Å²) < 4.78 is 11.1. The molecule has 0 aliphatic heterocycles. The van der Waals surface area contributed by atoms with Gasteiger partial charge in [0, 0.05) is 5.39 Å². The first-order chi connectivity index (χ1) is 12.7. The Morgan fingerprint density at radius 1 is 1.08 bits per heavy atom. The minimum Gasteiger partial charge on any atom is -0.506 e. The third-order valence-corrected chi connectivity index (χ3v) is 3.75. The summed E-state index contributed by atoms with van der Waals surface area (Å²) in [6, 6.07) is 14.8. The molecule has 130 valence electrons. The molecule has 4 nitrogen and oxygen atoms in total. The highest BCUT2D eigenvalue weighted by atomic mass is 16.5. The summed E-state index contributed by atoms with van der Waals surface area (Å²) in [7, 11) is 0. The van der Waals surface area contributed by atoms with Gasteiger partial charge in [0.1, 0.15) is 17.9 Å². The summed E-state index contributed by atoms with van der Waals surface area (Å²) in [6.07, 6.45) is 9.06. The zero-order chi connectivity index (χ0) is 18.4. The van der Waals surface area contributed by atoms with Crippen molar-refractivity contribution in [3.63, 3.8) is 0 Å². The summed E-state index contributed by atoms with van der Waals surface area (Å²) in [4.78, 5) is 4.49. The third kappa shape index (κ3) is 3.96. The average molecular weight is 345 g/mol. The molecule has 0 aliphatic carbocycles. The second-order valence-corrected chi connectivity index (χ2v) is 5.55. The van der Waals surface area contributed by atoms with Crippen LogP contribution in [0, 0.1) is 12.3 Å². The summed E-state index contributed by atoms with van der Waals surface area (Å²) in [5.41, 5.74) is 2.29. The predicted molar refractivity (Wildman–Crippen MR) is 104 cm³/mol. The topological polar surface area (TPSA) is 51.6 Å². The lowest BCUT2D eigenvalue weighted by atomic mass is 10.1. The summed E-state index contributed by atoms with van der Waals surface area (Å²) in [5.74, 6) is 3.89. The van der Waals surface area contributed by atoms with Crippen LogP contribution in [0.25, 0.3) is 23.1 Å². The maximum absolute atomic E-state index is 9.95. The first kappa shape index (κ1) is 17.4. The summed E-state index contributed by atoms with van der Waals surface area (Å²) >= 11 is 0. The van der Waals surface area contributed by atoms with Gasteiger partial charge in [0.05, 0.1) is 12.3 Å². The number of aromatic nitrogens is 1. The van der Waals surface area contributed by atoms with Crippen molar-refractivity contribution in [3.8, 4) is 29.6 Å². The molecule has 0 bridgehead atoms. The minimum absolute atomic E-state index is 0.173.